The van der Waals surface area contributed by atoms with Crippen molar-refractivity contribution in [3.05, 3.63) is 29.6 Å². The van der Waals surface area contributed by atoms with E-state index in [1.165, 1.54) is 4.31 Å². The van der Waals surface area contributed by atoms with Crippen LogP contribution in [0.2, 0.25) is 0 Å². The summed E-state index contributed by atoms with van der Waals surface area (Å²) in [7, 11) is -4.02. The first-order valence-corrected chi connectivity index (χ1v) is 8.18. The van der Waals surface area contributed by atoms with E-state index >= 15 is 0 Å². The smallest absolute Gasteiger partial charge is 0.335 e. The number of nitrogens with zero attached hydrogens (tertiary/aromatic N) is 1. The van der Waals surface area contributed by atoms with Gasteiger partial charge < -0.3 is 5.11 Å². The highest BCUT2D eigenvalue weighted by Gasteiger charge is 2.33. The second-order valence-electron chi connectivity index (χ2n) is 5.72. The summed E-state index contributed by atoms with van der Waals surface area (Å²) in [5.41, 5.74) is -0.243. The molecule has 1 saturated heterocycles. The molecule has 0 spiro atoms. The molecule has 1 heterocycles. The molecule has 1 N–H and O–H groups in total. The minimum atomic E-state index is -4.02. The van der Waals surface area contributed by atoms with E-state index < -0.39 is 26.7 Å². The molecule has 0 aliphatic carbocycles. The van der Waals surface area contributed by atoms with E-state index in [0.717, 1.165) is 24.6 Å². The van der Waals surface area contributed by atoms with E-state index in [1.807, 2.05) is 13.8 Å². The second-order valence-corrected chi connectivity index (χ2v) is 7.62. The SMILES string of the molecule is CC1CC(C)CN(S(=O)(=O)c2cc(C(=O)O)ccc2F)C1. The van der Waals surface area contributed by atoms with E-state index in [-0.39, 0.29) is 17.4 Å². The first-order valence-electron chi connectivity index (χ1n) is 6.74. The molecule has 2 rings (SSSR count). The Morgan fingerprint density at radius 3 is 2.38 bits per heavy atom. The number of benzene rings is 1. The average molecular weight is 315 g/mol. The normalized spacial score (nSPS) is 24.0. The van der Waals surface area contributed by atoms with Crippen molar-refractivity contribution in [2.75, 3.05) is 13.1 Å². The highest BCUT2D eigenvalue weighted by molar-refractivity contribution is 7.89. The largest absolute Gasteiger partial charge is 0.478 e. The van der Waals surface area contributed by atoms with Gasteiger partial charge in [0, 0.05) is 13.1 Å². The van der Waals surface area contributed by atoms with Gasteiger partial charge in [-0.1, -0.05) is 13.8 Å². The Labute approximate surface area is 123 Å². The molecule has 2 atom stereocenters. The van der Waals surface area contributed by atoms with Crippen LogP contribution in [0.5, 0.6) is 0 Å². The van der Waals surface area contributed by atoms with Crippen LogP contribution < -0.4 is 0 Å². The van der Waals surface area contributed by atoms with Crippen LogP contribution in [0.3, 0.4) is 0 Å². The number of carbonyl (C=O) groups is 1. The summed E-state index contributed by atoms with van der Waals surface area (Å²) in [4.78, 5) is 10.4. The molecule has 0 bridgehead atoms. The predicted molar refractivity (Wildman–Crippen MR) is 75.1 cm³/mol. The van der Waals surface area contributed by atoms with Crippen LogP contribution >= 0.6 is 0 Å². The molecule has 1 aromatic carbocycles. The van der Waals surface area contributed by atoms with Crippen molar-refractivity contribution >= 4 is 16.0 Å². The molecule has 0 radical (unpaired) electrons. The number of carboxylic acids is 1. The van der Waals surface area contributed by atoms with Gasteiger partial charge in [-0.25, -0.2) is 17.6 Å². The summed E-state index contributed by atoms with van der Waals surface area (Å²) in [6.07, 6.45) is 0.920. The molecule has 0 saturated carbocycles. The minimum absolute atomic E-state index is 0.189. The molecule has 1 aromatic rings. The quantitative estimate of drug-likeness (QED) is 0.928. The fourth-order valence-corrected chi connectivity index (χ4v) is 4.55. The zero-order valence-corrected chi connectivity index (χ0v) is 12.7. The van der Waals surface area contributed by atoms with Crippen LogP contribution in [0.1, 0.15) is 30.6 Å². The zero-order valence-electron chi connectivity index (χ0n) is 11.9. The summed E-state index contributed by atoms with van der Waals surface area (Å²) in [6.45, 7) is 4.54. The highest BCUT2D eigenvalue weighted by atomic mass is 32.2. The maximum Gasteiger partial charge on any atom is 0.335 e. The number of halogens is 1. The van der Waals surface area contributed by atoms with Gasteiger partial charge in [0.25, 0.3) is 0 Å². The molecule has 2 unspecified atom stereocenters. The number of aromatic carboxylic acids is 1. The fraction of sp³-hybridized carbons (Fsp3) is 0.500. The average Bonchev–Trinajstić information content (AvgIpc) is 2.37. The standard InChI is InChI=1S/C14H18FNO4S/c1-9-5-10(2)8-16(7-9)21(19,20)13-6-11(14(17)18)3-4-12(13)15/h3-4,6,9-10H,5,7-8H2,1-2H3,(H,17,18). The number of piperidine rings is 1. The van der Waals surface area contributed by atoms with E-state index in [2.05, 4.69) is 0 Å². The molecule has 1 aliphatic rings. The Morgan fingerprint density at radius 1 is 1.29 bits per heavy atom. The monoisotopic (exact) mass is 315 g/mol. The van der Waals surface area contributed by atoms with Gasteiger partial charge in [-0.2, -0.15) is 4.31 Å². The maximum atomic E-state index is 13.9. The summed E-state index contributed by atoms with van der Waals surface area (Å²) < 4.78 is 40.3. The molecule has 0 aromatic heterocycles. The summed E-state index contributed by atoms with van der Waals surface area (Å²) >= 11 is 0. The molecule has 1 aliphatic heterocycles. The third-order valence-electron chi connectivity index (χ3n) is 3.63. The van der Waals surface area contributed by atoms with E-state index in [9.17, 15) is 17.6 Å². The number of rotatable bonds is 3. The molecule has 7 heteroatoms. The Morgan fingerprint density at radius 2 is 1.86 bits per heavy atom. The molecular weight excluding hydrogens is 297 g/mol. The third kappa shape index (κ3) is 3.24. The van der Waals surface area contributed by atoms with Crippen molar-refractivity contribution < 1.29 is 22.7 Å². The second kappa shape index (κ2) is 5.73. The number of hydrogen-bond donors (Lipinski definition) is 1. The van der Waals surface area contributed by atoms with Crippen molar-refractivity contribution in [1.82, 2.24) is 4.31 Å². The lowest BCUT2D eigenvalue weighted by molar-refractivity contribution is 0.0696. The topological polar surface area (TPSA) is 74.7 Å². The van der Waals surface area contributed by atoms with Gasteiger partial charge >= 0.3 is 5.97 Å². The van der Waals surface area contributed by atoms with E-state index in [4.69, 9.17) is 5.11 Å². The van der Waals surface area contributed by atoms with Crippen LogP contribution in [0, 0.1) is 17.7 Å². The van der Waals surface area contributed by atoms with Crippen molar-refractivity contribution in [2.45, 2.75) is 25.2 Å². The highest BCUT2D eigenvalue weighted by Crippen LogP contribution is 2.28. The van der Waals surface area contributed by atoms with Gasteiger partial charge in [-0.15, -0.1) is 0 Å². The Kier molecular flexibility index (Phi) is 4.34. The summed E-state index contributed by atoms with van der Waals surface area (Å²) in [6, 6.07) is 2.82. The lowest BCUT2D eigenvalue weighted by atomic mass is 9.94. The van der Waals surface area contributed by atoms with Crippen LogP contribution in [0.4, 0.5) is 4.39 Å². The van der Waals surface area contributed by atoms with Gasteiger partial charge in [-0.3, -0.25) is 0 Å². The number of sulfonamides is 1. The van der Waals surface area contributed by atoms with Crippen LogP contribution in [0.25, 0.3) is 0 Å². The third-order valence-corrected chi connectivity index (χ3v) is 5.48. The zero-order chi connectivity index (χ0) is 15.8. The number of carboxylic acid groups (broad SMARTS) is 1. The summed E-state index contributed by atoms with van der Waals surface area (Å²) in [5.74, 6) is -1.83. The van der Waals surface area contributed by atoms with E-state index in [1.54, 1.807) is 0 Å². The number of hydrogen-bond acceptors (Lipinski definition) is 3. The van der Waals surface area contributed by atoms with Gasteiger partial charge in [0.05, 0.1) is 5.56 Å². The molecule has 1 fully saturated rings. The predicted octanol–water partition coefficient (Wildman–Crippen LogP) is 2.19. The Balaban J connectivity index is 2.44. The molecule has 21 heavy (non-hydrogen) atoms. The lowest BCUT2D eigenvalue weighted by Crippen LogP contribution is -2.42. The Hall–Kier alpha value is -1.47. The maximum absolute atomic E-state index is 13.9. The van der Waals surface area contributed by atoms with Gasteiger partial charge in [0.1, 0.15) is 10.7 Å². The van der Waals surface area contributed by atoms with Crippen LogP contribution in [0.15, 0.2) is 23.1 Å². The molecule has 116 valence electrons. The van der Waals surface area contributed by atoms with Crippen molar-refractivity contribution in [1.29, 1.82) is 0 Å². The first kappa shape index (κ1) is 15.9. The van der Waals surface area contributed by atoms with Gasteiger partial charge in [0.15, 0.2) is 0 Å². The first-order chi connectivity index (χ1) is 9.71. The fourth-order valence-electron chi connectivity index (χ4n) is 2.78. The molecular formula is C14H18FNO4S. The van der Waals surface area contributed by atoms with Crippen molar-refractivity contribution in [3.63, 3.8) is 0 Å². The van der Waals surface area contributed by atoms with Crippen molar-refractivity contribution in [3.8, 4) is 0 Å². The Bertz CT molecular complexity index is 649. The van der Waals surface area contributed by atoms with Gasteiger partial charge in [0.2, 0.25) is 10.0 Å². The molecule has 0 amide bonds. The molecule has 5 nitrogen and oxygen atoms in total. The van der Waals surface area contributed by atoms with E-state index in [0.29, 0.717) is 13.1 Å². The lowest BCUT2D eigenvalue weighted by Gasteiger charge is -2.34. The minimum Gasteiger partial charge on any atom is -0.478 e. The summed E-state index contributed by atoms with van der Waals surface area (Å²) in [5, 5.41) is 8.93. The van der Waals surface area contributed by atoms with Crippen LogP contribution in [-0.2, 0) is 10.0 Å². The van der Waals surface area contributed by atoms with Crippen molar-refractivity contribution in [2.24, 2.45) is 11.8 Å². The van der Waals surface area contributed by atoms with Gasteiger partial charge in [-0.05, 0) is 36.5 Å². The van der Waals surface area contributed by atoms with Crippen LogP contribution in [-0.4, -0.2) is 36.9 Å².